The van der Waals surface area contributed by atoms with E-state index in [1.165, 1.54) is 12.7 Å². The van der Waals surface area contributed by atoms with Crippen LogP contribution in [0.5, 0.6) is 5.75 Å². The maximum absolute atomic E-state index is 12.1. The van der Waals surface area contributed by atoms with Crippen molar-refractivity contribution in [3.8, 4) is 5.75 Å². The summed E-state index contributed by atoms with van der Waals surface area (Å²) in [5, 5.41) is 12.2. The van der Waals surface area contributed by atoms with Crippen molar-refractivity contribution < 1.29 is 19.4 Å². The number of esters is 1. The Morgan fingerprint density at radius 2 is 1.81 bits per heavy atom. The maximum Gasteiger partial charge on any atom is 0.310 e. The fourth-order valence-electron chi connectivity index (χ4n) is 2.79. The van der Waals surface area contributed by atoms with Gasteiger partial charge in [0.05, 0.1) is 13.0 Å². The molecule has 0 saturated carbocycles. The number of rotatable bonds is 8. The topological polar surface area (TPSA) is 75.6 Å². The van der Waals surface area contributed by atoms with E-state index in [1.54, 1.807) is 24.3 Å². The number of benzene rings is 2. The molecule has 0 bridgehead atoms. The summed E-state index contributed by atoms with van der Waals surface area (Å²) in [6.07, 6.45) is 1.47. The van der Waals surface area contributed by atoms with E-state index in [0.29, 0.717) is 19.3 Å². The van der Waals surface area contributed by atoms with Gasteiger partial charge in [-0.25, -0.2) is 0 Å². The van der Waals surface area contributed by atoms with Crippen LogP contribution < -0.4 is 5.32 Å². The van der Waals surface area contributed by atoms with Crippen molar-refractivity contribution in [3.05, 3.63) is 65.2 Å². The van der Waals surface area contributed by atoms with E-state index in [9.17, 15) is 14.7 Å². The molecule has 26 heavy (non-hydrogen) atoms. The van der Waals surface area contributed by atoms with Crippen molar-refractivity contribution in [2.24, 2.45) is 5.92 Å². The van der Waals surface area contributed by atoms with Gasteiger partial charge in [0.25, 0.3) is 0 Å². The number of aromatic hydroxyl groups is 1. The molecule has 2 aromatic carbocycles. The Kier molecular flexibility index (Phi) is 7.21. The number of phenolic OH excluding ortho intramolecular Hbond substituents is 1. The normalized spacial score (nSPS) is 11.6. The van der Waals surface area contributed by atoms with Gasteiger partial charge in [0.1, 0.15) is 5.75 Å². The molecule has 1 amide bonds. The van der Waals surface area contributed by atoms with E-state index >= 15 is 0 Å². The molecule has 0 aromatic heterocycles. The monoisotopic (exact) mass is 355 g/mol. The lowest BCUT2D eigenvalue weighted by Crippen LogP contribution is -2.34. The average Bonchev–Trinajstić information content (AvgIpc) is 2.65. The molecule has 1 atom stereocenters. The number of carbonyl (C=O) groups is 2. The Bertz CT molecular complexity index is 740. The number of aryl methyl sites for hydroxylation is 2. The van der Waals surface area contributed by atoms with Gasteiger partial charge in [0.15, 0.2) is 0 Å². The summed E-state index contributed by atoms with van der Waals surface area (Å²) >= 11 is 0. The second-order valence-electron chi connectivity index (χ2n) is 6.32. The van der Waals surface area contributed by atoms with Crippen LogP contribution in [-0.2, 0) is 27.2 Å². The summed E-state index contributed by atoms with van der Waals surface area (Å²) in [5.74, 6) is -0.745. The van der Waals surface area contributed by atoms with Gasteiger partial charge < -0.3 is 15.2 Å². The molecule has 0 heterocycles. The molecule has 0 fully saturated rings. The summed E-state index contributed by atoms with van der Waals surface area (Å²) in [5.41, 5.74) is 3.21. The van der Waals surface area contributed by atoms with Crippen molar-refractivity contribution >= 4 is 11.9 Å². The molecule has 0 aliphatic rings. The van der Waals surface area contributed by atoms with Gasteiger partial charge in [-0.1, -0.05) is 36.4 Å². The first kappa shape index (κ1) is 19.5. The van der Waals surface area contributed by atoms with Gasteiger partial charge in [-0.15, -0.1) is 0 Å². The third-order valence-corrected chi connectivity index (χ3v) is 4.38. The zero-order valence-electron chi connectivity index (χ0n) is 15.2. The van der Waals surface area contributed by atoms with Gasteiger partial charge in [-0.2, -0.15) is 0 Å². The number of carbonyl (C=O) groups excluding carboxylic acids is 2. The van der Waals surface area contributed by atoms with E-state index in [-0.39, 0.29) is 24.2 Å². The molecule has 5 heteroatoms. The highest BCUT2D eigenvalue weighted by molar-refractivity contribution is 5.78. The highest BCUT2D eigenvalue weighted by atomic mass is 16.5. The highest BCUT2D eigenvalue weighted by Gasteiger charge is 2.20. The SMILES string of the molecule is COC(=O)C(CNC(=O)CCc1ccccc1C)Cc1ccc(O)cc1. The predicted octanol–water partition coefficient (Wildman–Crippen LogP) is 2.78. The fraction of sp³-hybridized carbons (Fsp3) is 0.333. The predicted molar refractivity (Wildman–Crippen MR) is 99.8 cm³/mol. The van der Waals surface area contributed by atoms with Crippen LogP contribution in [0.1, 0.15) is 23.1 Å². The highest BCUT2D eigenvalue weighted by Crippen LogP contribution is 2.15. The third-order valence-electron chi connectivity index (χ3n) is 4.38. The largest absolute Gasteiger partial charge is 0.508 e. The lowest BCUT2D eigenvalue weighted by molar-refractivity contribution is -0.145. The standard InChI is InChI=1S/C21H25NO4/c1-15-5-3-4-6-17(15)9-12-20(24)22-14-18(21(25)26-2)13-16-7-10-19(23)11-8-16/h3-8,10-11,18,23H,9,12-14H2,1-2H3,(H,22,24). The van der Waals surface area contributed by atoms with Crippen molar-refractivity contribution in [1.29, 1.82) is 0 Å². The smallest absolute Gasteiger partial charge is 0.310 e. The molecule has 2 N–H and O–H groups in total. The fourth-order valence-corrected chi connectivity index (χ4v) is 2.79. The zero-order valence-corrected chi connectivity index (χ0v) is 15.2. The molecule has 2 aromatic rings. The Balaban J connectivity index is 1.87. The first-order valence-corrected chi connectivity index (χ1v) is 8.66. The van der Waals surface area contributed by atoms with Gasteiger partial charge >= 0.3 is 5.97 Å². The lowest BCUT2D eigenvalue weighted by Gasteiger charge is -2.16. The van der Waals surface area contributed by atoms with Crippen LogP contribution in [0.25, 0.3) is 0 Å². The van der Waals surface area contributed by atoms with E-state index in [2.05, 4.69) is 5.32 Å². The maximum atomic E-state index is 12.1. The Hall–Kier alpha value is -2.82. The zero-order chi connectivity index (χ0) is 18.9. The summed E-state index contributed by atoms with van der Waals surface area (Å²) in [4.78, 5) is 24.1. The first-order chi connectivity index (χ1) is 12.5. The average molecular weight is 355 g/mol. The van der Waals surface area contributed by atoms with Crippen LogP contribution in [0.2, 0.25) is 0 Å². The summed E-state index contributed by atoms with van der Waals surface area (Å²) in [6.45, 7) is 2.25. The van der Waals surface area contributed by atoms with Crippen LogP contribution in [0, 0.1) is 12.8 Å². The van der Waals surface area contributed by atoms with Gasteiger partial charge in [0, 0.05) is 13.0 Å². The third kappa shape index (κ3) is 5.92. The van der Waals surface area contributed by atoms with E-state index in [1.807, 2.05) is 31.2 Å². The summed E-state index contributed by atoms with van der Waals surface area (Å²) < 4.78 is 4.85. The van der Waals surface area contributed by atoms with Gasteiger partial charge in [0.2, 0.25) is 5.91 Å². The van der Waals surface area contributed by atoms with Crippen LogP contribution in [-0.4, -0.2) is 30.6 Å². The minimum Gasteiger partial charge on any atom is -0.508 e. The second kappa shape index (κ2) is 9.61. The Labute approximate surface area is 154 Å². The molecule has 5 nitrogen and oxygen atoms in total. The van der Waals surface area contributed by atoms with Crippen molar-refractivity contribution in [2.75, 3.05) is 13.7 Å². The molecule has 0 spiro atoms. The van der Waals surface area contributed by atoms with Crippen LogP contribution >= 0.6 is 0 Å². The quantitative estimate of drug-likeness (QED) is 0.714. The number of phenols is 1. The summed E-state index contributed by atoms with van der Waals surface area (Å²) in [7, 11) is 1.34. The minimum atomic E-state index is -0.466. The van der Waals surface area contributed by atoms with E-state index in [0.717, 1.165) is 11.1 Å². The molecule has 2 rings (SSSR count). The van der Waals surface area contributed by atoms with Crippen molar-refractivity contribution in [3.63, 3.8) is 0 Å². The summed E-state index contributed by atoms with van der Waals surface area (Å²) in [6, 6.07) is 14.6. The van der Waals surface area contributed by atoms with Crippen molar-refractivity contribution in [1.82, 2.24) is 5.32 Å². The molecule has 0 radical (unpaired) electrons. The number of amides is 1. The first-order valence-electron chi connectivity index (χ1n) is 8.66. The Morgan fingerprint density at radius 3 is 2.46 bits per heavy atom. The van der Waals surface area contributed by atoms with Crippen LogP contribution in [0.4, 0.5) is 0 Å². The van der Waals surface area contributed by atoms with Gasteiger partial charge in [-0.05, 0) is 48.6 Å². The minimum absolute atomic E-state index is 0.0899. The molecule has 0 aliphatic heterocycles. The molecule has 0 saturated heterocycles. The van der Waals surface area contributed by atoms with Crippen LogP contribution in [0.3, 0.4) is 0 Å². The molecular weight excluding hydrogens is 330 g/mol. The van der Waals surface area contributed by atoms with E-state index in [4.69, 9.17) is 4.74 Å². The number of hydrogen-bond donors (Lipinski definition) is 2. The number of nitrogens with one attached hydrogen (secondary N) is 1. The number of hydrogen-bond acceptors (Lipinski definition) is 4. The van der Waals surface area contributed by atoms with E-state index < -0.39 is 5.92 Å². The molecule has 138 valence electrons. The lowest BCUT2D eigenvalue weighted by atomic mass is 9.99. The molecule has 0 aliphatic carbocycles. The van der Waals surface area contributed by atoms with Crippen molar-refractivity contribution in [2.45, 2.75) is 26.2 Å². The number of ether oxygens (including phenoxy) is 1. The van der Waals surface area contributed by atoms with Crippen LogP contribution in [0.15, 0.2) is 48.5 Å². The number of methoxy groups -OCH3 is 1. The molecular formula is C21H25NO4. The molecule has 1 unspecified atom stereocenters. The Morgan fingerprint density at radius 1 is 1.12 bits per heavy atom. The second-order valence-corrected chi connectivity index (χ2v) is 6.32. The van der Waals surface area contributed by atoms with Gasteiger partial charge in [-0.3, -0.25) is 9.59 Å².